The zero-order valence-corrected chi connectivity index (χ0v) is 5.39. The third-order valence-corrected chi connectivity index (χ3v) is 1.61. The van der Waals surface area contributed by atoms with Crippen LogP contribution in [0.1, 0.15) is 12.8 Å². The minimum absolute atomic E-state index is 0.190. The number of amides is 1. The monoisotopic (exact) mass is 125 g/mol. The predicted molar refractivity (Wildman–Crippen MR) is 35.9 cm³/mol. The van der Waals surface area contributed by atoms with Crippen molar-refractivity contribution < 1.29 is 4.79 Å². The summed E-state index contributed by atoms with van der Waals surface area (Å²) in [5, 5.41) is 2.77. The van der Waals surface area contributed by atoms with Crippen LogP contribution < -0.4 is 5.32 Å². The fourth-order valence-corrected chi connectivity index (χ4v) is 1.07. The molecular weight excluding hydrogens is 114 g/mol. The molecule has 9 heavy (non-hydrogen) atoms. The third kappa shape index (κ3) is 1.31. The van der Waals surface area contributed by atoms with Crippen molar-refractivity contribution in [1.29, 1.82) is 0 Å². The number of nitrogens with one attached hydrogen (secondary N) is 1. The molecule has 1 aliphatic heterocycles. The van der Waals surface area contributed by atoms with Crippen molar-refractivity contribution in [1.82, 2.24) is 5.32 Å². The zero-order chi connectivity index (χ0) is 6.69. The van der Waals surface area contributed by atoms with Crippen molar-refractivity contribution in [3.8, 4) is 0 Å². The quantitative estimate of drug-likeness (QED) is 0.541. The van der Waals surface area contributed by atoms with Gasteiger partial charge in [-0.1, -0.05) is 6.08 Å². The van der Waals surface area contributed by atoms with Gasteiger partial charge in [0, 0.05) is 12.5 Å². The van der Waals surface area contributed by atoms with E-state index in [0.717, 1.165) is 19.4 Å². The van der Waals surface area contributed by atoms with Crippen molar-refractivity contribution in [3.05, 3.63) is 12.7 Å². The number of carbonyl (C=O) groups excluding carboxylic acids is 1. The first-order valence-electron chi connectivity index (χ1n) is 3.23. The van der Waals surface area contributed by atoms with Crippen LogP contribution >= 0.6 is 0 Å². The summed E-state index contributed by atoms with van der Waals surface area (Å²) in [6.45, 7) is 4.42. The van der Waals surface area contributed by atoms with Gasteiger partial charge < -0.3 is 5.32 Å². The Morgan fingerprint density at radius 2 is 2.67 bits per heavy atom. The summed E-state index contributed by atoms with van der Waals surface area (Å²) >= 11 is 0. The lowest BCUT2D eigenvalue weighted by Crippen LogP contribution is -2.18. The van der Waals surface area contributed by atoms with Gasteiger partial charge in [-0.25, -0.2) is 0 Å². The molecule has 1 amide bonds. The average molecular weight is 125 g/mol. The van der Waals surface area contributed by atoms with Crippen LogP contribution in [-0.2, 0) is 4.79 Å². The molecule has 1 heterocycles. The molecular formula is C7H11NO. The Hall–Kier alpha value is -0.790. The highest BCUT2D eigenvalue weighted by Crippen LogP contribution is 2.13. The van der Waals surface area contributed by atoms with Crippen molar-refractivity contribution in [2.75, 3.05) is 6.54 Å². The fourth-order valence-electron chi connectivity index (χ4n) is 1.07. The molecule has 0 aromatic rings. The molecule has 0 aromatic carbocycles. The van der Waals surface area contributed by atoms with Gasteiger partial charge in [0.25, 0.3) is 0 Å². The van der Waals surface area contributed by atoms with Crippen molar-refractivity contribution in [2.24, 2.45) is 5.92 Å². The van der Waals surface area contributed by atoms with E-state index in [9.17, 15) is 4.79 Å². The predicted octanol–water partition coefficient (Wildman–Crippen LogP) is 0.699. The molecule has 1 atom stereocenters. The van der Waals surface area contributed by atoms with Crippen LogP contribution in [0.5, 0.6) is 0 Å². The molecule has 1 fully saturated rings. The maximum Gasteiger partial charge on any atom is 0.223 e. The van der Waals surface area contributed by atoms with E-state index >= 15 is 0 Å². The average Bonchev–Trinajstić information content (AvgIpc) is 2.18. The molecule has 1 rings (SSSR count). The van der Waals surface area contributed by atoms with Gasteiger partial charge in [0.15, 0.2) is 0 Å². The molecule has 0 saturated carbocycles. The SMILES string of the molecule is C=CC[C@H]1CCNC1=O. The summed E-state index contributed by atoms with van der Waals surface area (Å²) < 4.78 is 0. The topological polar surface area (TPSA) is 29.1 Å². The van der Waals surface area contributed by atoms with Crippen molar-refractivity contribution >= 4 is 5.91 Å². The van der Waals surface area contributed by atoms with E-state index in [4.69, 9.17) is 0 Å². The number of allylic oxidation sites excluding steroid dienone is 1. The maximum atomic E-state index is 10.8. The molecule has 0 spiro atoms. The van der Waals surface area contributed by atoms with Crippen LogP contribution in [0.3, 0.4) is 0 Å². The molecule has 0 bridgehead atoms. The first kappa shape index (κ1) is 6.33. The highest BCUT2D eigenvalue weighted by atomic mass is 16.2. The molecule has 50 valence electrons. The largest absolute Gasteiger partial charge is 0.356 e. The van der Waals surface area contributed by atoms with E-state index < -0.39 is 0 Å². The summed E-state index contributed by atoms with van der Waals surface area (Å²) in [7, 11) is 0. The Morgan fingerprint density at radius 3 is 3.11 bits per heavy atom. The fraction of sp³-hybridized carbons (Fsp3) is 0.571. The lowest BCUT2D eigenvalue weighted by atomic mass is 10.1. The summed E-state index contributed by atoms with van der Waals surface area (Å²) in [6.07, 6.45) is 3.60. The molecule has 2 heteroatoms. The Kier molecular flexibility index (Phi) is 1.88. The normalized spacial score (nSPS) is 25.8. The number of hydrogen-bond acceptors (Lipinski definition) is 1. The van der Waals surface area contributed by atoms with E-state index in [1.165, 1.54) is 0 Å². The first-order valence-corrected chi connectivity index (χ1v) is 3.23. The van der Waals surface area contributed by atoms with E-state index in [2.05, 4.69) is 11.9 Å². The van der Waals surface area contributed by atoms with Gasteiger partial charge in [-0.05, 0) is 12.8 Å². The maximum absolute atomic E-state index is 10.8. The van der Waals surface area contributed by atoms with Gasteiger partial charge >= 0.3 is 0 Å². The van der Waals surface area contributed by atoms with E-state index in [0.29, 0.717) is 0 Å². The number of rotatable bonds is 2. The number of hydrogen-bond donors (Lipinski definition) is 1. The summed E-state index contributed by atoms with van der Waals surface area (Å²) in [5.74, 6) is 0.400. The van der Waals surface area contributed by atoms with Gasteiger partial charge in [0.2, 0.25) is 5.91 Å². The van der Waals surface area contributed by atoms with Crippen molar-refractivity contribution in [3.63, 3.8) is 0 Å². The van der Waals surface area contributed by atoms with Crippen LogP contribution in [-0.4, -0.2) is 12.5 Å². The second-order valence-corrected chi connectivity index (χ2v) is 2.30. The summed E-state index contributed by atoms with van der Waals surface area (Å²) in [5.41, 5.74) is 0. The molecule has 2 nitrogen and oxygen atoms in total. The second kappa shape index (κ2) is 2.67. The first-order chi connectivity index (χ1) is 4.34. The lowest BCUT2D eigenvalue weighted by Gasteiger charge is -1.98. The van der Waals surface area contributed by atoms with Crippen LogP contribution in [0.2, 0.25) is 0 Å². The molecule has 0 aliphatic carbocycles. The molecule has 0 aromatic heterocycles. The Bertz CT molecular complexity index is 131. The van der Waals surface area contributed by atoms with E-state index in [1.807, 2.05) is 0 Å². The molecule has 1 saturated heterocycles. The Morgan fingerprint density at radius 1 is 1.89 bits per heavy atom. The smallest absolute Gasteiger partial charge is 0.223 e. The molecule has 0 unspecified atom stereocenters. The Balaban J connectivity index is 2.39. The lowest BCUT2D eigenvalue weighted by molar-refractivity contribution is -0.122. The minimum Gasteiger partial charge on any atom is -0.356 e. The van der Waals surface area contributed by atoms with Gasteiger partial charge in [-0.15, -0.1) is 6.58 Å². The molecule has 1 aliphatic rings. The van der Waals surface area contributed by atoms with Gasteiger partial charge in [0.05, 0.1) is 0 Å². The summed E-state index contributed by atoms with van der Waals surface area (Å²) in [4.78, 5) is 10.8. The standard InChI is InChI=1S/C7H11NO/c1-2-3-6-4-5-8-7(6)9/h2,6H,1,3-5H2,(H,8,9)/t6-/m0/s1. The Labute approximate surface area is 54.9 Å². The highest BCUT2D eigenvalue weighted by Gasteiger charge is 2.21. The molecule has 1 N–H and O–H groups in total. The van der Waals surface area contributed by atoms with E-state index in [1.54, 1.807) is 6.08 Å². The van der Waals surface area contributed by atoms with Crippen LogP contribution in [0.15, 0.2) is 12.7 Å². The zero-order valence-electron chi connectivity index (χ0n) is 5.39. The minimum atomic E-state index is 0.190. The van der Waals surface area contributed by atoms with Gasteiger partial charge in [0.1, 0.15) is 0 Å². The van der Waals surface area contributed by atoms with Crippen LogP contribution in [0.4, 0.5) is 0 Å². The number of carbonyl (C=O) groups is 1. The molecule has 0 radical (unpaired) electrons. The van der Waals surface area contributed by atoms with Gasteiger partial charge in [-0.2, -0.15) is 0 Å². The van der Waals surface area contributed by atoms with Crippen molar-refractivity contribution in [2.45, 2.75) is 12.8 Å². The second-order valence-electron chi connectivity index (χ2n) is 2.30. The summed E-state index contributed by atoms with van der Waals surface area (Å²) in [6, 6.07) is 0. The van der Waals surface area contributed by atoms with E-state index in [-0.39, 0.29) is 11.8 Å². The third-order valence-electron chi connectivity index (χ3n) is 1.61. The van der Waals surface area contributed by atoms with Crippen LogP contribution in [0.25, 0.3) is 0 Å². The van der Waals surface area contributed by atoms with Gasteiger partial charge in [-0.3, -0.25) is 4.79 Å². The highest BCUT2D eigenvalue weighted by molar-refractivity contribution is 5.80. The van der Waals surface area contributed by atoms with Crippen LogP contribution in [0, 0.1) is 5.92 Å².